The number of hydrogen-bond donors (Lipinski definition) is 1. The smallest absolute Gasteiger partial charge is 0.0233 e. The molecule has 112 valence electrons. The molecule has 1 saturated heterocycles. The van der Waals surface area contributed by atoms with Crippen molar-refractivity contribution < 1.29 is 0 Å². The van der Waals surface area contributed by atoms with Crippen LogP contribution >= 0.6 is 0 Å². The fraction of sp³-hybridized carbons (Fsp3) is 0.667. The van der Waals surface area contributed by atoms with Crippen LogP contribution in [-0.2, 0) is 13.0 Å². The standard InChI is InChI=1S/C18H30N2/c1-18(2)10-4-13-20(14-11-18)15-17-7-5-16(6-8-17)9-12-19-3/h5-8,19H,4,9-15H2,1-3H3. The Morgan fingerprint density at radius 2 is 1.75 bits per heavy atom. The molecular formula is C18H30N2. The monoisotopic (exact) mass is 274 g/mol. The first-order chi connectivity index (χ1) is 9.59. The summed E-state index contributed by atoms with van der Waals surface area (Å²) in [6.45, 7) is 9.49. The Morgan fingerprint density at radius 3 is 2.45 bits per heavy atom. The van der Waals surface area contributed by atoms with Crippen molar-refractivity contribution in [3.05, 3.63) is 35.4 Å². The van der Waals surface area contributed by atoms with Crippen LogP contribution in [0.25, 0.3) is 0 Å². The van der Waals surface area contributed by atoms with Gasteiger partial charge in [-0.05, 0) is 68.9 Å². The van der Waals surface area contributed by atoms with Crippen LogP contribution in [0.15, 0.2) is 24.3 Å². The topological polar surface area (TPSA) is 15.3 Å². The van der Waals surface area contributed by atoms with E-state index >= 15 is 0 Å². The van der Waals surface area contributed by atoms with Gasteiger partial charge in [0.25, 0.3) is 0 Å². The Kier molecular flexibility index (Phi) is 5.62. The number of likely N-dealkylation sites (N-methyl/N-ethyl adjacent to an activating group) is 1. The molecule has 2 heteroatoms. The third kappa shape index (κ3) is 4.92. The van der Waals surface area contributed by atoms with Crippen LogP contribution < -0.4 is 5.32 Å². The van der Waals surface area contributed by atoms with E-state index in [0.717, 1.165) is 19.5 Å². The second-order valence-corrected chi connectivity index (χ2v) is 6.96. The minimum Gasteiger partial charge on any atom is -0.319 e. The van der Waals surface area contributed by atoms with Gasteiger partial charge in [0, 0.05) is 6.54 Å². The van der Waals surface area contributed by atoms with Gasteiger partial charge in [-0.25, -0.2) is 0 Å². The number of benzene rings is 1. The number of rotatable bonds is 5. The summed E-state index contributed by atoms with van der Waals surface area (Å²) in [7, 11) is 2.01. The van der Waals surface area contributed by atoms with E-state index in [1.54, 1.807) is 0 Å². The zero-order valence-corrected chi connectivity index (χ0v) is 13.4. The second kappa shape index (κ2) is 7.24. The molecule has 2 nitrogen and oxygen atoms in total. The Labute approximate surface area is 124 Å². The van der Waals surface area contributed by atoms with Gasteiger partial charge >= 0.3 is 0 Å². The molecule has 0 unspecified atom stereocenters. The Balaban J connectivity index is 1.86. The molecule has 1 fully saturated rings. The highest BCUT2D eigenvalue weighted by Gasteiger charge is 2.22. The third-order valence-electron chi connectivity index (χ3n) is 4.53. The Morgan fingerprint density at radius 1 is 1.05 bits per heavy atom. The SMILES string of the molecule is CNCCc1ccc(CN2CCCC(C)(C)CC2)cc1. The van der Waals surface area contributed by atoms with Gasteiger partial charge in [-0.3, -0.25) is 4.90 Å². The highest BCUT2D eigenvalue weighted by atomic mass is 15.1. The molecule has 0 spiro atoms. The van der Waals surface area contributed by atoms with Crippen LogP contribution in [0.3, 0.4) is 0 Å². The van der Waals surface area contributed by atoms with Crippen molar-refractivity contribution in [1.29, 1.82) is 0 Å². The van der Waals surface area contributed by atoms with Crippen LogP contribution in [0.1, 0.15) is 44.2 Å². The van der Waals surface area contributed by atoms with Crippen molar-refractivity contribution in [2.75, 3.05) is 26.7 Å². The van der Waals surface area contributed by atoms with Crippen molar-refractivity contribution in [3.8, 4) is 0 Å². The van der Waals surface area contributed by atoms with E-state index in [1.165, 1.54) is 43.5 Å². The summed E-state index contributed by atoms with van der Waals surface area (Å²) < 4.78 is 0. The zero-order valence-electron chi connectivity index (χ0n) is 13.4. The van der Waals surface area contributed by atoms with Gasteiger partial charge in [-0.2, -0.15) is 0 Å². The molecule has 1 aliphatic heterocycles. The minimum absolute atomic E-state index is 0.533. The van der Waals surface area contributed by atoms with Crippen molar-refractivity contribution in [2.24, 2.45) is 5.41 Å². The van der Waals surface area contributed by atoms with Gasteiger partial charge in [-0.1, -0.05) is 38.1 Å². The Bertz CT molecular complexity index is 394. The molecule has 0 aliphatic carbocycles. The summed E-state index contributed by atoms with van der Waals surface area (Å²) in [5.41, 5.74) is 3.42. The van der Waals surface area contributed by atoms with Gasteiger partial charge in [0.15, 0.2) is 0 Å². The number of likely N-dealkylation sites (tertiary alicyclic amines) is 1. The molecule has 20 heavy (non-hydrogen) atoms. The molecule has 2 rings (SSSR count). The van der Waals surface area contributed by atoms with Crippen LogP contribution in [-0.4, -0.2) is 31.6 Å². The van der Waals surface area contributed by atoms with E-state index in [2.05, 4.69) is 48.3 Å². The molecule has 0 radical (unpaired) electrons. The summed E-state index contributed by atoms with van der Waals surface area (Å²) in [5, 5.41) is 3.20. The van der Waals surface area contributed by atoms with E-state index in [4.69, 9.17) is 0 Å². The van der Waals surface area contributed by atoms with Gasteiger partial charge in [-0.15, -0.1) is 0 Å². The van der Waals surface area contributed by atoms with Crippen molar-refractivity contribution >= 4 is 0 Å². The molecule has 0 aromatic heterocycles. The van der Waals surface area contributed by atoms with Gasteiger partial charge < -0.3 is 5.32 Å². The molecule has 0 amide bonds. The second-order valence-electron chi connectivity index (χ2n) is 6.96. The molecule has 1 heterocycles. The predicted molar refractivity (Wildman–Crippen MR) is 87.0 cm³/mol. The third-order valence-corrected chi connectivity index (χ3v) is 4.53. The highest BCUT2D eigenvalue weighted by Crippen LogP contribution is 2.30. The maximum absolute atomic E-state index is 3.20. The van der Waals surface area contributed by atoms with Crippen LogP contribution in [0, 0.1) is 5.41 Å². The average Bonchev–Trinajstić information content (AvgIpc) is 2.59. The van der Waals surface area contributed by atoms with Gasteiger partial charge in [0.1, 0.15) is 0 Å². The molecule has 1 aromatic rings. The van der Waals surface area contributed by atoms with Gasteiger partial charge in [0.2, 0.25) is 0 Å². The van der Waals surface area contributed by atoms with Crippen LogP contribution in [0.4, 0.5) is 0 Å². The normalized spacial score (nSPS) is 19.8. The fourth-order valence-corrected chi connectivity index (χ4v) is 2.98. The minimum atomic E-state index is 0.533. The maximum atomic E-state index is 3.20. The van der Waals surface area contributed by atoms with E-state index in [9.17, 15) is 0 Å². The van der Waals surface area contributed by atoms with Crippen LogP contribution in [0.2, 0.25) is 0 Å². The lowest BCUT2D eigenvalue weighted by Gasteiger charge is -2.23. The number of nitrogens with one attached hydrogen (secondary N) is 1. The molecule has 0 bridgehead atoms. The number of nitrogens with zero attached hydrogens (tertiary/aromatic N) is 1. The first-order valence-corrected chi connectivity index (χ1v) is 8.04. The molecule has 1 aliphatic rings. The molecule has 1 aromatic carbocycles. The predicted octanol–water partition coefficient (Wildman–Crippen LogP) is 3.46. The summed E-state index contributed by atoms with van der Waals surface area (Å²) in [5.74, 6) is 0. The zero-order chi connectivity index (χ0) is 14.4. The fourth-order valence-electron chi connectivity index (χ4n) is 2.98. The summed E-state index contributed by atoms with van der Waals surface area (Å²) in [6.07, 6.45) is 5.15. The summed E-state index contributed by atoms with van der Waals surface area (Å²) in [4.78, 5) is 2.62. The number of hydrogen-bond acceptors (Lipinski definition) is 2. The highest BCUT2D eigenvalue weighted by molar-refractivity contribution is 5.22. The molecule has 1 N–H and O–H groups in total. The van der Waals surface area contributed by atoms with Gasteiger partial charge in [0.05, 0.1) is 0 Å². The first kappa shape index (κ1) is 15.5. The molecule has 0 atom stereocenters. The lowest BCUT2D eigenvalue weighted by molar-refractivity contribution is 0.256. The van der Waals surface area contributed by atoms with E-state index in [0.29, 0.717) is 5.41 Å². The first-order valence-electron chi connectivity index (χ1n) is 8.04. The lowest BCUT2D eigenvalue weighted by atomic mass is 9.85. The van der Waals surface area contributed by atoms with Crippen molar-refractivity contribution in [3.63, 3.8) is 0 Å². The van der Waals surface area contributed by atoms with E-state index in [1.807, 2.05) is 7.05 Å². The summed E-state index contributed by atoms with van der Waals surface area (Å²) >= 11 is 0. The largest absolute Gasteiger partial charge is 0.319 e. The molecule has 0 saturated carbocycles. The lowest BCUT2D eigenvalue weighted by Crippen LogP contribution is -2.25. The quantitative estimate of drug-likeness (QED) is 0.884. The van der Waals surface area contributed by atoms with E-state index < -0.39 is 0 Å². The van der Waals surface area contributed by atoms with Crippen molar-refractivity contribution in [1.82, 2.24) is 10.2 Å². The Hall–Kier alpha value is -0.860. The van der Waals surface area contributed by atoms with Crippen molar-refractivity contribution in [2.45, 2.75) is 46.1 Å². The van der Waals surface area contributed by atoms with Crippen LogP contribution in [0.5, 0.6) is 0 Å². The van der Waals surface area contributed by atoms with E-state index in [-0.39, 0.29) is 0 Å². The average molecular weight is 274 g/mol. The maximum Gasteiger partial charge on any atom is 0.0233 e. The summed E-state index contributed by atoms with van der Waals surface area (Å²) in [6, 6.07) is 9.19. The molecular weight excluding hydrogens is 244 g/mol.